The van der Waals surface area contributed by atoms with Crippen LogP contribution in [-0.2, 0) is 24.1 Å². The molecule has 1 aliphatic heterocycles. The Morgan fingerprint density at radius 1 is 1.05 bits per heavy atom. The molecule has 0 spiro atoms. The van der Waals surface area contributed by atoms with E-state index in [0.717, 1.165) is 50.2 Å². The summed E-state index contributed by atoms with van der Waals surface area (Å²) in [6.45, 7) is 7.28. The lowest BCUT2D eigenvalue weighted by Crippen LogP contribution is -2.31. The van der Waals surface area contributed by atoms with Crippen LogP contribution in [0.2, 0.25) is 0 Å². The van der Waals surface area contributed by atoms with E-state index in [1.807, 2.05) is 11.1 Å². The molecule has 0 radical (unpaired) electrons. The molecule has 1 atom stereocenters. The fourth-order valence-electron chi connectivity index (χ4n) is 6.51. The highest BCUT2D eigenvalue weighted by atomic mass is 16.2. The third-order valence-electron chi connectivity index (χ3n) is 8.30. The minimum absolute atomic E-state index is 0.0675. The number of benzene rings is 3. The minimum Gasteiger partial charge on any atom is -0.340 e. The molecule has 6 rings (SSSR count). The summed E-state index contributed by atoms with van der Waals surface area (Å²) >= 11 is 0. The molecule has 190 valence electrons. The van der Waals surface area contributed by atoms with Crippen molar-refractivity contribution in [2.75, 3.05) is 6.54 Å². The number of H-pyrrole nitrogens is 1. The first-order valence-electron chi connectivity index (χ1n) is 14.0. The summed E-state index contributed by atoms with van der Waals surface area (Å²) in [5.41, 5.74) is 9.35. The highest BCUT2D eigenvalue weighted by molar-refractivity contribution is 5.91. The number of hydrogen-bond donors (Lipinski definition) is 1. The van der Waals surface area contributed by atoms with Gasteiger partial charge in [-0.15, -0.1) is 0 Å². The number of aromatic amines is 1. The van der Waals surface area contributed by atoms with Crippen LogP contribution in [0.15, 0.2) is 54.7 Å². The average molecular weight is 492 g/mol. The fraction of sp³-hybridized carbons (Fsp3) is 0.394. The Morgan fingerprint density at radius 2 is 1.86 bits per heavy atom. The Balaban J connectivity index is 1.33. The van der Waals surface area contributed by atoms with Gasteiger partial charge in [-0.2, -0.15) is 0 Å². The first-order chi connectivity index (χ1) is 18.0. The van der Waals surface area contributed by atoms with E-state index < -0.39 is 0 Å². The number of carbonyl (C=O) groups excluding carboxylic acids is 1. The van der Waals surface area contributed by atoms with Crippen molar-refractivity contribution in [1.29, 1.82) is 0 Å². The third-order valence-corrected chi connectivity index (χ3v) is 8.30. The predicted octanol–water partition coefficient (Wildman–Crippen LogP) is 7.66. The van der Waals surface area contributed by atoms with Crippen molar-refractivity contribution in [3.8, 4) is 22.4 Å². The molecule has 3 aromatic carbocycles. The number of likely N-dealkylation sites (tertiary alicyclic amines) is 1. The Bertz CT molecular complexity index is 1460. The molecule has 37 heavy (non-hydrogen) atoms. The number of rotatable bonds is 6. The Hall–Kier alpha value is -3.40. The van der Waals surface area contributed by atoms with Crippen LogP contribution in [0.5, 0.6) is 0 Å². The van der Waals surface area contributed by atoms with Crippen LogP contribution in [0, 0.1) is 5.92 Å². The summed E-state index contributed by atoms with van der Waals surface area (Å²) in [5.74, 6) is 1.56. The SMILES string of the molecule is CCc1cccc2cc(-c3ccc(-c4cnc(C5CCCN5C(=O)CC(C)C)[nH]4)c4c3CCC4)ccc12. The smallest absolute Gasteiger partial charge is 0.223 e. The first kappa shape index (κ1) is 24.0. The second-order valence-corrected chi connectivity index (χ2v) is 11.2. The molecule has 0 bridgehead atoms. The van der Waals surface area contributed by atoms with E-state index in [4.69, 9.17) is 4.98 Å². The molecule has 1 aromatic heterocycles. The maximum absolute atomic E-state index is 12.8. The molecule has 1 N–H and O–H groups in total. The highest BCUT2D eigenvalue weighted by Crippen LogP contribution is 2.40. The number of aromatic nitrogens is 2. The molecule has 2 aliphatic rings. The number of hydrogen-bond acceptors (Lipinski definition) is 2. The molecule has 1 fully saturated rings. The van der Waals surface area contributed by atoms with Crippen LogP contribution >= 0.6 is 0 Å². The Morgan fingerprint density at radius 3 is 2.68 bits per heavy atom. The maximum Gasteiger partial charge on any atom is 0.223 e. The zero-order valence-electron chi connectivity index (χ0n) is 22.3. The van der Waals surface area contributed by atoms with Crippen LogP contribution in [0.4, 0.5) is 0 Å². The predicted molar refractivity (Wildman–Crippen MR) is 152 cm³/mol. The molecule has 1 amide bonds. The second kappa shape index (κ2) is 9.81. The van der Waals surface area contributed by atoms with Crippen molar-refractivity contribution in [3.63, 3.8) is 0 Å². The number of carbonyl (C=O) groups is 1. The minimum atomic E-state index is 0.0675. The normalized spacial score (nSPS) is 17.2. The van der Waals surface area contributed by atoms with Crippen LogP contribution in [0.3, 0.4) is 0 Å². The quantitative estimate of drug-likeness (QED) is 0.301. The largest absolute Gasteiger partial charge is 0.340 e. The van der Waals surface area contributed by atoms with Crippen molar-refractivity contribution >= 4 is 16.7 Å². The molecule has 1 unspecified atom stereocenters. The van der Waals surface area contributed by atoms with Gasteiger partial charge >= 0.3 is 0 Å². The summed E-state index contributed by atoms with van der Waals surface area (Å²) in [4.78, 5) is 23.3. The van der Waals surface area contributed by atoms with Crippen molar-refractivity contribution in [2.24, 2.45) is 5.92 Å². The van der Waals surface area contributed by atoms with Gasteiger partial charge in [0.2, 0.25) is 5.91 Å². The molecule has 4 aromatic rings. The lowest BCUT2D eigenvalue weighted by atomic mass is 9.91. The van der Waals surface area contributed by atoms with Crippen LogP contribution in [0.25, 0.3) is 33.2 Å². The topological polar surface area (TPSA) is 49.0 Å². The lowest BCUT2D eigenvalue weighted by molar-refractivity contribution is -0.133. The van der Waals surface area contributed by atoms with Crippen LogP contribution < -0.4 is 0 Å². The molecule has 1 aliphatic carbocycles. The zero-order valence-corrected chi connectivity index (χ0v) is 22.3. The summed E-state index contributed by atoms with van der Waals surface area (Å²) in [5, 5.41) is 2.68. The van der Waals surface area contributed by atoms with Gasteiger partial charge in [0.15, 0.2) is 0 Å². The number of nitrogens with one attached hydrogen (secondary N) is 1. The van der Waals surface area contributed by atoms with E-state index >= 15 is 0 Å². The third kappa shape index (κ3) is 4.37. The standard InChI is InChI=1S/C33H37N3O/c1-4-22-8-5-9-23-19-24(13-14-25(22)23)26-15-16-29(28-11-6-10-27(26)28)30-20-34-33(35-30)31-12-7-17-36(31)32(37)18-21(2)3/h5,8-9,13-16,19-21,31H,4,6-7,10-12,17-18H2,1-3H3,(H,34,35). The molecule has 2 heterocycles. The van der Waals surface area contributed by atoms with Crippen LogP contribution in [0.1, 0.15) is 75.0 Å². The summed E-state index contributed by atoms with van der Waals surface area (Å²) in [7, 11) is 0. The molecule has 1 saturated heterocycles. The van der Waals surface area contributed by atoms with Gasteiger partial charge in [0, 0.05) is 18.5 Å². The lowest BCUT2D eigenvalue weighted by Gasteiger charge is -2.24. The van der Waals surface area contributed by atoms with E-state index in [0.29, 0.717) is 12.3 Å². The monoisotopic (exact) mass is 491 g/mol. The number of fused-ring (bicyclic) bond motifs is 2. The van der Waals surface area contributed by atoms with Crippen LogP contribution in [-0.4, -0.2) is 27.3 Å². The molecular formula is C33H37N3O. The van der Waals surface area contributed by atoms with Crippen molar-refractivity contribution in [1.82, 2.24) is 14.9 Å². The number of imidazole rings is 1. The van der Waals surface area contributed by atoms with E-state index in [1.165, 1.54) is 50.6 Å². The molecular weight excluding hydrogens is 454 g/mol. The molecule has 0 saturated carbocycles. The number of amides is 1. The number of aryl methyl sites for hydroxylation is 1. The van der Waals surface area contributed by atoms with E-state index in [2.05, 4.69) is 74.3 Å². The van der Waals surface area contributed by atoms with Crippen molar-refractivity contribution < 1.29 is 4.79 Å². The Labute approximate surface area is 220 Å². The Kier molecular flexibility index (Phi) is 6.36. The number of nitrogens with zero attached hydrogens (tertiary/aromatic N) is 2. The van der Waals surface area contributed by atoms with E-state index in [1.54, 1.807) is 0 Å². The van der Waals surface area contributed by atoms with Crippen molar-refractivity contribution in [2.45, 2.75) is 71.8 Å². The van der Waals surface area contributed by atoms with E-state index in [-0.39, 0.29) is 11.9 Å². The zero-order chi connectivity index (χ0) is 25.5. The van der Waals surface area contributed by atoms with Gasteiger partial charge in [0.05, 0.1) is 17.9 Å². The van der Waals surface area contributed by atoms with Gasteiger partial charge in [-0.1, -0.05) is 63.2 Å². The van der Waals surface area contributed by atoms with Crippen molar-refractivity contribution in [3.05, 3.63) is 77.2 Å². The maximum atomic E-state index is 12.8. The molecule has 4 nitrogen and oxygen atoms in total. The average Bonchev–Trinajstić information content (AvgIpc) is 3.67. The fourth-order valence-corrected chi connectivity index (χ4v) is 6.51. The van der Waals surface area contributed by atoms with Gasteiger partial charge in [0.25, 0.3) is 0 Å². The van der Waals surface area contributed by atoms with Gasteiger partial charge in [0.1, 0.15) is 5.82 Å². The van der Waals surface area contributed by atoms with Gasteiger partial charge < -0.3 is 9.88 Å². The molecule has 4 heteroatoms. The van der Waals surface area contributed by atoms with E-state index in [9.17, 15) is 4.79 Å². The summed E-state index contributed by atoms with van der Waals surface area (Å²) in [6, 6.07) is 18.3. The second-order valence-electron chi connectivity index (χ2n) is 11.2. The summed E-state index contributed by atoms with van der Waals surface area (Å²) in [6.07, 6.45) is 9.07. The van der Waals surface area contributed by atoms with Gasteiger partial charge in [-0.05, 0) is 89.1 Å². The summed E-state index contributed by atoms with van der Waals surface area (Å²) < 4.78 is 0. The first-order valence-corrected chi connectivity index (χ1v) is 14.0. The highest BCUT2D eigenvalue weighted by Gasteiger charge is 2.32. The van der Waals surface area contributed by atoms with Gasteiger partial charge in [-0.3, -0.25) is 4.79 Å². The van der Waals surface area contributed by atoms with Gasteiger partial charge in [-0.25, -0.2) is 4.98 Å².